The van der Waals surface area contributed by atoms with Gasteiger partial charge in [-0.3, -0.25) is 4.79 Å². The average Bonchev–Trinajstić information content (AvgIpc) is 3.33. The molecule has 1 aliphatic rings. The van der Waals surface area contributed by atoms with Gasteiger partial charge in [0.15, 0.2) is 17.1 Å². The van der Waals surface area contributed by atoms with E-state index in [1.807, 2.05) is 6.07 Å². The summed E-state index contributed by atoms with van der Waals surface area (Å²) in [6, 6.07) is 8.73. The third-order valence-corrected chi connectivity index (χ3v) is 4.72. The molecule has 4 rings (SSSR count). The number of methoxy groups -OCH3 is 1. The van der Waals surface area contributed by atoms with Crippen molar-refractivity contribution in [3.63, 3.8) is 0 Å². The van der Waals surface area contributed by atoms with Crippen LogP contribution in [0.4, 0.5) is 13.2 Å². The highest BCUT2D eigenvalue weighted by atomic mass is 19.4. The van der Waals surface area contributed by atoms with Crippen LogP contribution in [0.25, 0.3) is 11.0 Å². The fourth-order valence-corrected chi connectivity index (χ4v) is 3.29. The first kappa shape index (κ1) is 19.1. The molecule has 3 aromatic rings. The van der Waals surface area contributed by atoms with Gasteiger partial charge in [-0.1, -0.05) is 12.1 Å². The van der Waals surface area contributed by atoms with Crippen molar-refractivity contribution in [3.05, 3.63) is 53.9 Å². The Labute approximate surface area is 163 Å². The number of carbonyl (C=O) groups is 1. The molecule has 1 aromatic carbocycles. The predicted molar refractivity (Wildman–Crippen MR) is 96.9 cm³/mol. The number of carbonyl (C=O) groups excluding carboxylic acids is 1. The summed E-state index contributed by atoms with van der Waals surface area (Å²) in [7, 11) is 1.52. The van der Waals surface area contributed by atoms with E-state index >= 15 is 0 Å². The number of furan rings is 1. The predicted octanol–water partition coefficient (Wildman–Crippen LogP) is 4.15. The number of para-hydroxylation sites is 1. The summed E-state index contributed by atoms with van der Waals surface area (Å²) in [5.74, 6) is 0.265. The molecule has 2 aromatic heterocycles. The van der Waals surface area contributed by atoms with Crippen LogP contribution in [0.15, 0.2) is 47.0 Å². The molecular weight excluding hydrogens is 389 g/mol. The van der Waals surface area contributed by atoms with Gasteiger partial charge in [0, 0.05) is 30.6 Å². The number of likely N-dealkylation sites (tertiary alicyclic amines) is 1. The molecule has 1 fully saturated rings. The molecular formula is C20H17F3N2O4. The zero-order valence-electron chi connectivity index (χ0n) is 15.4. The lowest BCUT2D eigenvalue weighted by Crippen LogP contribution is -2.30. The van der Waals surface area contributed by atoms with Crippen molar-refractivity contribution >= 4 is 16.9 Å². The van der Waals surface area contributed by atoms with E-state index < -0.39 is 17.8 Å². The third kappa shape index (κ3) is 3.85. The first-order valence-electron chi connectivity index (χ1n) is 8.91. The fourth-order valence-electron chi connectivity index (χ4n) is 3.29. The normalized spacial score (nSPS) is 17.0. The highest BCUT2D eigenvalue weighted by Gasteiger charge is 2.33. The van der Waals surface area contributed by atoms with Crippen LogP contribution < -0.4 is 9.47 Å². The number of hydrogen-bond donors (Lipinski definition) is 0. The van der Waals surface area contributed by atoms with Crippen LogP contribution in [0.2, 0.25) is 0 Å². The van der Waals surface area contributed by atoms with Gasteiger partial charge in [-0.25, -0.2) is 4.98 Å². The lowest BCUT2D eigenvalue weighted by molar-refractivity contribution is -0.137. The summed E-state index contributed by atoms with van der Waals surface area (Å²) in [5.41, 5.74) is -0.344. The highest BCUT2D eigenvalue weighted by Crippen LogP contribution is 2.32. The molecule has 1 atom stereocenters. The maximum absolute atomic E-state index is 12.8. The molecule has 0 aliphatic carbocycles. The number of pyridine rings is 1. The fraction of sp³-hybridized carbons (Fsp3) is 0.300. The maximum atomic E-state index is 12.8. The van der Waals surface area contributed by atoms with E-state index in [-0.39, 0.29) is 24.1 Å². The van der Waals surface area contributed by atoms with E-state index in [1.54, 1.807) is 23.1 Å². The van der Waals surface area contributed by atoms with Gasteiger partial charge < -0.3 is 18.8 Å². The number of hydrogen-bond acceptors (Lipinski definition) is 5. The number of aromatic nitrogens is 1. The monoisotopic (exact) mass is 406 g/mol. The summed E-state index contributed by atoms with van der Waals surface area (Å²) in [6.45, 7) is 0.627. The topological polar surface area (TPSA) is 64.8 Å². The number of halogens is 3. The maximum Gasteiger partial charge on any atom is 0.416 e. The quantitative estimate of drug-likeness (QED) is 0.651. The Balaban J connectivity index is 1.45. The Morgan fingerprint density at radius 1 is 1.28 bits per heavy atom. The summed E-state index contributed by atoms with van der Waals surface area (Å²) in [5, 5.41) is 0.743. The van der Waals surface area contributed by atoms with E-state index in [2.05, 4.69) is 4.98 Å². The molecule has 29 heavy (non-hydrogen) atoms. The third-order valence-electron chi connectivity index (χ3n) is 4.72. The SMILES string of the molecule is COc1cccc2cc(C(=O)N3CCC(Oc4cc(C(F)(F)F)ccn4)C3)oc12. The van der Waals surface area contributed by atoms with Gasteiger partial charge >= 0.3 is 6.18 Å². The number of alkyl halides is 3. The standard InChI is InChI=1S/C20H17F3N2O4/c1-27-15-4-2-3-12-9-16(29-18(12)15)19(26)25-8-6-14(11-25)28-17-10-13(5-7-24-17)20(21,22)23/h2-5,7,9-10,14H,6,8,11H2,1H3. The lowest BCUT2D eigenvalue weighted by atomic mass is 10.2. The minimum atomic E-state index is -4.47. The number of nitrogens with zero attached hydrogens (tertiary/aromatic N) is 2. The highest BCUT2D eigenvalue weighted by molar-refractivity contribution is 5.97. The molecule has 0 radical (unpaired) electrons. The Morgan fingerprint density at radius 3 is 2.86 bits per heavy atom. The second-order valence-electron chi connectivity index (χ2n) is 6.65. The Bertz CT molecular complexity index is 1050. The Morgan fingerprint density at radius 2 is 2.10 bits per heavy atom. The average molecular weight is 406 g/mol. The van der Waals surface area contributed by atoms with Crippen LogP contribution in [-0.4, -0.2) is 42.1 Å². The second kappa shape index (κ2) is 7.31. The van der Waals surface area contributed by atoms with Crippen molar-refractivity contribution in [2.45, 2.75) is 18.7 Å². The molecule has 0 saturated carbocycles. The molecule has 9 heteroatoms. The van der Waals surface area contributed by atoms with Crippen molar-refractivity contribution in [2.24, 2.45) is 0 Å². The van der Waals surface area contributed by atoms with E-state index in [0.29, 0.717) is 24.3 Å². The van der Waals surface area contributed by atoms with Gasteiger partial charge in [0.25, 0.3) is 5.91 Å². The van der Waals surface area contributed by atoms with Crippen LogP contribution in [0.3, 0.4) is 0 Å². The molecule has 0 N–H and O–H groups in total. The van der Waals surface area contributed by atoms with E-state index in [1.165, 1.54) is 7.11 Å². The molecule has 152 valence electrons. The minimum absolute atomic E-state index is 0.118. The molecule has 6 nitrogen and oxygen atoms in total. The summed E-state index contributed by atoms with van der Waals surface area (Å²) in [4.78, 5) is 18.1. The van der Waals surface area contributed by atoms with Gasteiger partial charge in [-0.05, 0) is 18.2 Å². The van der Waals surface area contributed by atoms with E-state index in [9.17, 15) is 18.0 Å². The zero-order chi connectivity index (χ0) is 20.6. The molecule has 0 bridgehead atoms. The van der Waals surface area contributed by atoms with Crippen LogP contribution in [-0.2, 0) is 6.18 Å². The molecule has 1 aliphatic heterocycles. The van der Waals surface area contributed by atoms with Gasteiger partial charge in [-0.2, -0.15) is 13.2 Å². The summed E-state index contributed by atoms with van der Waals surface area (Å²) in [6.07, 6.45) is -3.39. The Kier molecular flexibility index (Phi) is 4.81. The van der Waals surface area contributed by atoms with E-state index in [0.717, 1.165) is 23.7 Å². The van der Waals surface area contributed by atoms with Gasteiger partial charge in [-0.15, -0.1) is 0 Å². The second-order valence-corrected chi connectivity index (χ2v) is 6.65. The van der Waals surface area contributed by atoms with Crippen molar-refractivity contribution in [3.8, 4) is 11.6 Å². The van der Waals surface area contributed by atoms with Crippen molar-refractivity contribution in [1.82, 2.24) is 9.88 Å². The molecule has 1 amide bonds. The first-order chi connectivity index (χ1) is 13.8. The molecule has 3 heterocycles. The molecule has 1 saturated heterocycles. The number of rotatable bonds is 4. The van der Waals surface area contributed by atoms with Crippen LogP contribution in [0, 0.1) is 0 Å². The van der Waals surface area contributed by atoms with Crippen molar-refractivity contribution < 1.29 is 31.9 Å². The zero-order valence-corrected chi connectivity index (χ0v) is 15.4. The minimum Gasteiger partial charge on any atom is -0.493 e. The number of benzene rings is 1. The van der Waals surface area contributed by atoms with Gasteiger partial charge in [0.1, 0.15) is 6.10 Å². The van der Waals surface area contributed by atoms with Crippen LogP contribution >= 0.6 is 0 Å². The van der Waals surface area contributed by atoms with Crippen molar-refractivity contribution in [1.29, 1.82) is 0 Å². The lowest BCUT2D eigenvalue weighted by Gasteiger charge is -2.16. The largest absolute Gasteiger partial charge is 0.493 e. The first-order valence-corrected chi connectivity index (χ1v) is 8.91. The van der Waals surface area contributed by atoms with E-state index in [4.69, 9.17) is 13.9 Å². The molecule has 0 spiro atoms. The number of fused-ring (bicyclic) bond motifs is 1. The molecule has 1 unspecified atom stereocenters. The van der Waals surface area contributed by atoms with Gasteiger partial charge in [0.2, 0.25) is 5.88 Å². The summed E-state index contributed by atoms with van der Waals surface area (Å²) >= 11 is 0. The summed E-state index contributed by atoms with van der Waals surface area (Å²) < 4.78 is 55.0. The smallest absolute Gasteiger partial charge is 0.416 e. The number of ether oxygens (including phenoxy) is 2. The van der Waals surface area contributed by atoms with Gasteiger partial charge in [0.05, 0.1) is 19.2 Å². The van der Waals surface area contributed by atoms with Crippen LogP contribution in [0.5, 0.6) is 11.6 Å². The van der Waals surface area contributed by atoms with Crippen LogP contribution in [0.1, 0.15) is 22.5 Å². The van der Waals surface area contributed by atoms with Crippen molar-refractivity contribution in [2.75, 3.05) is 20.2 Å². The number of amides is 1. The Hall–Kier alpha value is -3.23.